The maximum absolute atomic E-state index is 5.74. The second-order valence-corrected chi connectivity index (χ2v) is 5.85. The third-order valence-electron chi connectivity index (χ3n) is 4.15. The van der Waals surface area contributed by atoms with Gasteiger partial charge < -0.3 is 24.5 Å². The summed E-state index contributed by atoms with van der Waals surface area (Å²) in [6.45, 7) is 5.96. The molecule has 24 heavy (non-hydrogen) atoms. The van der Waals surface area contributed by atoms with E-state index >= 15 is 0 Å². The molecule has 2 rings (SSSR count). The summed E-state index contributed by atoms with van der Waals surface area (Å²) in [6.07, 6.45) is 5.37. The molecule has 1 aromatic heterocycles. The topological polar surface area (TPSA) is 68.0 Å². The number of methoxy groups -OCH3 is 1. The lowest BCUT2D eigenvalue weighted by molar-refractivity contribution is -0.0828. The number of hydrogen-bond donors (Lipinski definition) is 2. The van der Waals surface area contributed by atoms with Crippen LogP contribution in [-0.2, 0) is 15.9 Å². The lowest BCUT2D eigenvalue weighted by Crippen LogP contribution is -2.44. The van der Waals surface area contributed by atoms with Crippen molar-refractivity contribution in [1.82, 2.24) is 10.6 Å². The summed E-state index contributed by atoms with van der Waals surface area (Å²) in [5.41, 5.74) is -0.194. The first kappa shape index (κ1) is 21.2. The monoisotopic (exact) mass is 451 g/mol. The van der Waals surface area contributed by atoms with Crippen LogP contribution in [0.2, 0.25) is 0 Å². The van der Waals surface area contributed by atoms with Gasteiger partial charge in [-0.05, 0) is 18.6 Å². The number of aliphatic imine (C=N–C) groups is 1. The molecule has 0 bridgehead atoms. The molecule has 0 atom stereocenters. The zero-order chi connectivity index (χ0) is 16.4. The Bertz CT molecular complexity index is 460. The Balaban J connectivity index is 0.00000288. The van der Waals surface area contributed by atoms with Crippen molar-refractivity contribution in [2.45, 2.75) is 38.2 Å². The van der Waals surface area contributed by atoms with Crippen molar-refractivity contribution in [3.05, 3.63) is 24.2 Å². The van der Waals surface area contributed by atoms with E-state index < -0.39 is 0 Å². The maximum atomic E-state index is 5.74. The molecular formula is C17H30IN3O3. The lowest BCUT2D eigenvalue weighted by Gasteiger charge is -2.34. The fourth-order valence-corrected chi connectivity index (χ4v) is 2.57. The first-order chi connectivity index (χ1) is 11.3. The average Bonchev–Trinajstić information content (AvgIpc) is 3.11. The van der Waals surface area contributed by atoms with Gasteiger partial charge in [-0.3, -0.25) is 4.99 Å². The summed E-state index contributed by atoms with van der Waals surface area (Å²) in [4.78, 5) is 4.73. The van der Waals surface area contributed by atoms with Crippen LogP contribution in [0.5, 0.6) is 0 Å². The van der Waals surface area contributed by atoms with Crippen LogP contribution >= 0.6 is 24.0 Å². The van der Waals surface area contributed by atoms with Gasteiger partial charge in [0.15, 0.2) is 5.96 Å². The normalized spacial score (nSPS) is 17.2. The van der Waals surface area contributed by atoms with Crippen LogP contribution in [0.4, 0.5) is 0 Å². The Hall–Kier alpha value is -0.800. The van der Waals surface area contributed by atoms with E-state index in [0.29, 0.717) is 6.54 Å². The SMILES string of the molecule is CCCNC(=NCC1(OC)CCOCC1)NCCc1ccco1.I. The van der Waals surface area contributed by atoms with Crippen LogP contribution < -0.4 is 10.6 Å². The largest absolute Gasteiger partial charge is 0.469 e. The minimum atomic E-state index is -0.194. The molecule has 0 radical (unpaired) electrons. The molecule has 138 valence electrons. The van der Waals surface area contributed by atoms with Gasteiger partial charge in [0.05, 0.1) is 18.4 Å². The molecule has 2 N–H and O–H groups in total. The number of furan rings is 1. The molecule has 0 spiro atoms. The van der Waals surface area contributed by atoms with E-state index in [2.05, 4.69) is 17.6 Å². The molecule has 0 aromatic carbocycles. The van der Waals surface area contributed by atoms with Gasteiger partial charge in [0.25, 0.3) is 0 Å². The summed E-state index contributed by atoms with van der Waals surface area (Å²) in [7, 11) is 1.77. The molecule has 1 aliphatic heterocycles. The first-order valence-electron chi connectivity index (χ1n) is 8.45. The van der Waals surface area contributed by atoms with Crippen molar-refractivity contribution in [2.24, 2.45) is 4.99 Å². The molecule has 0 amide bonds. The van der Waals surface area contributed by atoms with Crippen molar-refractivity contribution < 1.29 is 13.9 Å². The Morgan fingerprint density at radius 2 is 2.04 bits per heavy atom. The zero-order valence-corrected chi connectivity index (χ0v) is 17.0. The average molecular weight is 451 g/mol. The van der Waals surface area contributed by atoms with E-state index in [1.165, 1.54) is 0 Å². The second-order valence-electron chi connectivity index (χ2n) is 5.85. The molecule has 0 unspecified atom stereocenters. The van der Waals surface area contributed by atoms with E-state index in [0.717, 1.165) is 63.7 Å². The highest BCUT2D eigenvalue weighted by atomic mass is 127. The molecule has 1 fully saturated rings. The van der Waals surface area contributed by atoms with Crippen LogP contribution in [0.15, 0.2) is 27.8 Å². The van der Waals surface area contributed by atoms with Crippen molar-refractivity contribution in [3.63, 3.8) is 0 Å². The number of nitrogens with one attached hydrogen (secondary N) is 2. The third kappa shape index (κ3) is 6.98. The van der Waals surface area contributed by atoms with Gasteiger partial charge >= 0.3 is 0 Å². The molecule has 7 heteroatoms. The number of halogens is 1. The smallest absolute Gasteiger partial charge is 0.191 e. The van der Waals surface area contributed by atoms with E-state index in [4.69, 9.17) is 18.9 Å². The lowest BCUT2D eigenvalue weighted by atomic mass is 9.94. The van der Waals surface area contributed by atoms with Gasteiger partial charge in [0.2, 0.25) is 0 Å². The first-order valence-corrected chi connectivity index (χ1v) is 8.45. The summed E-state index contributed by atoms with van der Waals surface area (Å²) >= 11 is 0. The molecule has 0 aliphatic carbocycles. The quantitative estimate of drug-likeness (QED) is 0.361. The second kappa shape index (κ2) is 11.7. The number of guanidine groups is 1. The van der Waals surface area contributed by atoms with E-state index in [1.54, 1.807) is 13.4 Å². The van der Waals surface area contributed by atoms with Gasteiger partial charge in [-0.2, -0.15) is 0 Å². The number of rotatable bonds is 8. The Labute approximate surface area is 161 Å². The minimum absolute atomic E-state index is 0. The van der Waals surface area contributed by atoms with Crippen LogP contribution in [0.3, 0.4) is 0 Å². The Morgan fingerprint density at radius 3 is 2.67 bits per heavy atom. The van der Waals surface area contributed by atoms with Crippen molar-refractivity contribution >= 4 is 29.9 Å². The minimum Gasteiger partial charge on any atom is -0.469 e. The summed E-state index contributed by atoms with van der Waals surface area (Å²) < 4.78 is 16.5. The number of hydrogen-bond acceptors (Lipinski definition) is 4. The molecule has 2 heterocycles. The predicted molar refractivity (Wildman–Crippen MR) is 106 cm³/mol. The maximum Gasteiger partial charge on any atom is 0.191 e. The summed E-state index contributed by atoms with van der Waals surface area (Å²) in [5.74, 6) is 1.81. The van der Waals surface area contributed by atoms with Crippen LogP contribution in [-0.4, -0.2) is 51.5 Å². The van der Waals surface area contributed by atoms with Crippen LogP contribution in [0.1, 0.15) is 31.9 Å². The highest BCUT2D eigenvalue weighted by molar-refractivity contribution is 14.0. The standard InChI is InChI=1S/C17H29N3O3.HI/c1-3-9-18-16(19-10-6-15-5-4-11-23-15)20-14-17(21-2)7-12-22-13-8-17;/h4-5,11H,3,6-10,12-14H2,1-2H3,(H2,18,19,20);1H. The number of ether oxygens (including phenoxy) is 2. The molecule has 6 nitrogen and oxygen atoms in total. The Morgan fingerprint density at radius 1 is 1.29 bits per heavy atom. The predicted octanol–water partition coefficient (Wildman–Crippen LogP) is 2.58. The fourth-order valence-electron chi connectivity index (χ4n) is 2.57. The van der Waals surface area contributed by atoms with E-state index in [-0.39, 0.29) is 29.6 Å². The zero-order valence-electron chi connectivity index (χ0n) is 14.7. The van der Waals surface area contributed by atoms with Gasteiger partial charge in [0, 0.05) is 52.7 Å². The van der Waals surface area contributed by atoms with Gasteiger partial charge in [-0.15, -0.1) is 24.0 Å². The molecule has 0 saturated carbocycles. The molecule has 1 aromatic rings. The Kier molecular flexibility index (Phi) is 10.4. The number of nitrogens with zero attached hydrogens (tertiary/aromatic N) is 1. The summed E-state index contributed by atoms with van der Waals surface area (Å²) in [5, 5.41) is 6.72. The fraction of sp³-hybridized carbons (Fsp3) is 0.706. The summed E-state index contributed by atoms with van der Waals surface area (Å²) in [6, 6.07) is 3.90. The van der Waals surface area contributed by atoms with Gasteiger partial charge in [-0.25, -0.2) is 0 Å². The van der Waals surface area contributed by atoms with Crippen molar-refractivity contribution in [1.29, 1.82) is 0 Å². The van der Waals surface area contributed by atoms with Gasteiger partial charge in [-0.1, -0.05) is 6.92 Å². The van der Waals surface area contributed by atoms with Gasteiger partial charge in [0.1, 0.15) is 5.76 Å². The van der Waals surface area contributed by atoms with Crippen LogP contribution in [0.25, 0.3) is 0 Å². The van der Waals surface area contributed by atoms with Crippen molar-refractivity contribution in [2.75, 3.05) is 40.0 Å². The highest BCUT2D eigenvalue weighted by Crippen LogP contribution is 2.24. The molecular weight excluding hydrogens is 421 g/mol. The third-order valence-corrected chi connectivity index (χ3v) is 4.15. The molecule has 1 saturated heterocycles. The van der Waals surface area contributed by atoms with E-state index in [1.807, 2.05) is 12.1 Å². The van der Waals surface area contributed by atoms with Crippen molar-refractivity contribution in [3.8, 4) is 0 Å². The highest BCUT2D eigenvalue weighted by Gasteiger charge is 2.32. The van der Waals surface area contributed by atoms with E-state index in [9.17, 15) is 0 Å². The molecule has 1 aliphatic rings. The van der Waals surface area contributed by atoms with Crippen LogP contribution in [0, 0.1) is 0 Å².